The standard InChI is InChI=1S/C21H18F2N4O4/c22-13-2-3-14(23)16(8-13)24-20(28)10-26-5-6-27-17(21(26)29)9-15(25-27)12-1-4-18-19(7-12)31-11-30-18/h1-8,15,17,25H,9-11H2,(H,24,28). The summed E-state index contributed by atoms with van der Waals surface area (Å²) in [6, 6.07) is 7.77. The zero-order valence-corrected chi connectivity index (χ0v) is 16.2. The van der Waals surface area contributed by atoms with Gasteiger partial charge in [0, 0.05) is 18.5 Å². The van der Waals surface area contributed by atoms with Crippen molar-refractivity contribution in [2.24, 2.45) is 0 Å². The molecule has 31 heavy (non-hydrogen) atoms. The summed E-state index contributed by atoms with van der Waals surface area (Å²) in [6.45, 7) is -0.131. The van der Waals surface area contributed by atoms with Crippen LogP contribution in [-0.4, -0.2) is 41.1 Å². The summed E-state index contributed by atoms with van der Waals surface area (Å²) >= 11 is 0. The van der Waals surface area contributed by atoms with Crippen LogP contribution in [0.5, 0.6) is 11.5 Å². The third-order valence-corrected chi connectivity index (χ3v) is 5.39. The van der Waals surface area contributed by atoms with E-state index < -0.39 is 23.6 Å². The number of hydrogen-bond donors (Lipinski definition) is 2. The van der Waals surface area contributed by atoms with Crippen LogP contribution in [0.2, 0.25) is 0 Å². The molecule has 2 atom stereocenters. The summed E-state index contributed by atoms with van der Waals surface area (Å²) in [4.78, 5) is 26.5. The summed E-state index contributed by atoms with van der Waals surface area (Å²) in [7, 11) is 0. The monoisotopic (exact) mass is 428 g/mol. The molecular weight excluding hydrogens is 410 g/mol. The number of ether oxygens (including phenoxy) is 2. The predicted octanol–water partition coefficient (Wildman–Crippen LogP) is 2.27. The van der Waals surface area contributed by atoms with Gasteiger partial charge in [-0.3, -0.25) is 9.59 Å². The highest BCUT2D eigenvalue weighted by Crippen LogP contribution is 2.37. The minimum atomic E-state index is -0.756. The number of carbonyl (C=O) groups is 2. The number of hydrogen-bond acceptors (Lipinski definition) is 6. The van der Waals surface area contributed by atoms with Gasteiger partial charge in [0.1, 0.15) is 24.2 Å². The minimum Gasteiger partial charge on any atom is -0.454 e. The zero-order valence-electron chi connectivity index (χ0n) is 16.2. The Bertz CT molecular complexity index is 1090. The molecule has 2 N–H and O–H groups in total. The van der Waals surface area contributed by atoms with Crippen LogP contribution in [0, 0.1) is 11.6 Å². The van der Waals surface area contributed by atoms with Gasteiger partial charge in [-0.05, 0) is 36.2 Å². The first-order valence-electron chi connectivity index (χ1n) is 9.66. The zero-order chi connectivity index (χ0) is 21.5. The van der Waals surface area contributed by atoms with Crippen LogP contribution in [0.4, 0.5) is 14.5 Å². The summed E-state index contributed by atoms with van der Waals surface area (Å²) in [5, 5.41) is 4.01. The topological polar surface area (TPSA) is 83.1 Å². The molecule has 3 aliphatic rings. The van der Waals surface area contributed by atoms with Crippen molar-refractivity contribution in [2.75, 3.05) is 18.7 Å². The smallest absolute Gasteiger partial charge is 0.251 e. The number of nitrogens with zero attached hydrogens (tertiary/aromatic N) is 2. The maximum atomic E-state index is 13.7. The van der Waals surface area contributed by atoms with Gasteiger partial charge in [-0.1, -0.05) is 6.07 Å². The molecule has 160 valence electrons. The number of nitrogens with one attached hydrogen (secondary N) is 2. The van der Waals surface area contributed by atoms with Crippen molar-refractivity contribution in [3.05, 3.63) is 66.0 Å². The Morgan fingerprint density at radius 2 is 1.97 bits per heavy atom. The SMILES string of the molecule is O=C(CN1C=CN2NC(c3ccc4c(c3)OCO4)CC2C1=O)Nc1cc(F)ccc1F. The molecule has 0 radical (unpaired) electrons. The molecule has 3 heterocycles. The van der Waals surface area contributed by atoms with E-state index in [9.17, 15) is 18.4 Å². The first-order chi connectivity index (χ1) is 15.0. The molecule has 0 aliphatic carbocycles. The molecular formula is C21H18F2N4O4. The van der Waals surface area contributed by atoms with Crippen LogP contribution in [0.1, 0.15) is 18.0 Å². The summed E-state index contributed by atoms with van der Waals surface area (Å²) in [5.74, 6) is -0.987. The second kappa shape index (κ2) is 7.55. The van der Waals surface area contributed by atoms with E-state index in [4.69, 9.17) is 9.47 Å². The van der Waals surface area contributed by atoms with Gasteiger partial charge in [0.2, 0.25) is 12.7 Å². The maximum absolute atomic E-state index is 13.7. The Balaban J connectivity index is 1.24. The fraction of sp³-hybridized carbons (Fsp3) is 0.238. The number of benzene rings is 2. The molecule has 2 amide bonds. The number of halogens is 2. The van der Waals surface area contributed by atoms with Gasteiger partial charge in [-0.2, -0.15) is 0 Å². The molecule has 2 unspecified atom stereocenters. The van der Waals surface area contributed by atoms with Crippen LogP contribution in [0.25, 0.3) is 0 Å². The van der Waals surface area contributed by atoms with Crippen molar-refractivity contribution in [3.8, 4) is 11.5 Å². The van der Waals surface area contributed by atoms with Crippen molar-refractivity contribution in [1.82, 2.24) is 15.3 Å². The van der Waals surface area contributed by atoms with E-state index in [1.807, 2.05) is 18.2 Å². The van der Waals surface area contributed by atoms with Gasteiger partial charge in [0.15, 0.2) is 11.5 Å². The second-order valence-corrected chi connectivity index (χ2v) is 7.39. The molecule has 5 rings (SSSR count). The highest BCUT2D eigenvalue weighted by Gasteiger charge is 2.40. The molecule has 3 aliphatic heterocycles. The Kier molecular flexibility index (Phi) is 4.70. The van der Waals surface area contributed by atoms with Gasteiger partial charge < -0.3 is 24.7 Å². The summed E-state index contributed by atoms with van der Waals surface area (Å²) in [6.07, 6.45) is 3.64. The Morgan fingerprint density at radius 3 is 2.84 bits per heavy atom. The van der Waals surface area contributed by atoms with Gasteiger partial charge >= 0.3 is 0 Å². The van der Waals surface area contributed by atoms with Crippen LogP contribution in [0.3, 0.4) is 0 Å². The third-order valence-electron chi connectivity index (χ3n) is 5.39. The number of rotatable bonds is 4. The Labute approximate surface area is 176 Å². The molecule has 8 nitrogen and oxygen atoms in total. The van der Waals surface area contributed by atoms with Crippen molar-refractivity contribution < 1.29 is 27.8 Å². The molecule has 0 spiro atoms. The number of carbonyl (C=O) groups excluding carboxylic acids is 2. The molecule has 0 aromatic heterocycles. The van der Waals surface area contributed by atoms with E-state index >= 15 is 0 Å². The van der Waals surface area contributed by atoms with E-state index in [1.165, 1.54) is 11.1 Å². The lowest BCUT2D eigenvalue weighted by Gasteiger charge is -2.31. The van der Waals surface area contributed by atoms with Crippen molar-refractivity contribution >= 4 is 17.5 Å². The van der Waals surface area contributed by atoms with Gasteiger partial charge in [-0.15, -0.1) is 0 Å². The lowest BCUT2D eigenvalue weighted by molar-refractivity contribution is -0.137. The number of fused-ring (bicyclic) bond motifs is 2. The number of hydrazine groups is 1. The maximum Gasteiger partial charge on any atom is 0.251 e. The lowest BCUT2D eigenvalue weighted by Crippen LogP contribution is -2.49. The fourth-order valence-electron chi connectivity index (χ4n) is 3.85. The molecule has 2 aromatic carbocycles. The highest BCUT2D eigenvalue weighted by atomic mass is 19.1. The van der Waals surface area contributed by atoms with Gasteiger partial charge in [0.25, 0.3) is 5.91 Å². The van der Waals surface area contributed by atoms with Crippen LogP contribution in [-0.2, 0) is 9.59 Å². The highest BCUT2D eigenvalue weighted by molar-refractivity contribution is 5.96. The normalized spacial score (nSPS) is 21.4. The molecule has 1 saturated heterocycles. The van der Waals surface area contributed by atoms with E-state index in [0.29, 0.717) is 17.9 Å². The second-order valence-electron chi connectivity index (χ2n) is 7.39. The van der Waals surface area contributed by atoms with Gasteiger partial charge in [-0.25, -0.2) is 14.2 Å². The molecule has 0 saturated carbocycles. The van der Waals surface area contributed by atoms with E-state index in [1.54, 1.807) is 11.2 Å². The van der Waals surface area contributed by atoms with E-state index in [2.05, 4.69) is 10.7 Å². The van der Waals surface area contributed by atoms with Crippen molar-refractivity contribution in [1.29, 1.82) is 0 Å². The molecule has 1 fully saturated rings. The average Bonchev–Trinajstić information content (AvgIpc) is 3.39. The number of anilines is 1. The summed E-state index contributed by atoms with van der Waals surface area (Å²) < 4.78 is 37.8. The quantitative estimate of drug-likeness (QED) is 0.778. The molecule has 2 aromatic rings. The fourth-order valence-corrected chi connectivity index (χ4v) is 3.85. The molecule has 10 heteroatoms. The average molecular weight is 428 g/mol. The number of amides is 2. The summed E-state index contributed by atoms with van der Waals surface area (Å²) in [5.41, 5.74) is 3.95. The van der Waals surface area contributed by atoms with Crippen LogP contribution >= 0.6 is 0 Å². The first kappa shape index (κ1) is 19.3. The first-order valence-corrected chi connectivity index (χ1v) is 9.66. The molecule has 0 bridgehead atoms. The lowest BCUT2D eigenvalue weighted by atomic mass is 10.0. The largest absolute Gasteiger partial charge is 0.454 e. The predicted molar refractivity (Wildman–Crippen MR) is 105 cm³/mol. The van der Waals surface area contributed by atoms with Crippen molar-refractivity contribution in [3.63, 3.8) is 0 Å². The van der Waals surface area contributed by atoms with Crippen LogP contribution < -0.4 is 20.2 Å². The Hall–Kier alpha value is -3.66. The third kappa shape index (κ3) is 3.66. The Morgan fingerprint density at radius 1 is 1.13 bits per heavy atom. The van der Waals surface area contributed by atoms with Crippen LogP contribution in [0.15, 0.2) is 48.8 Å². The van der Waals surface area contributed by atoms with E-state index in [0.717, 1.165) is 23.8 Å². The van der Waals surface area contributed by atoms with Gasteiger partial charge in [0.05, 0.1) is 11.7 Å². The van der Waals surface area contributed by atoms with Crippen molar-refractivity contribution in [2.45, 2.75) is 18.5 Å². The van der Waals surface area contributed by atoms with E-state index in [-0.39, 0.29) is 31.0 Å². The minimum absolute atomic E-state index is 0.122.